The zero-order chi connectivity index (χ0) is 8.97. The highest BCUT2D eigenvalue weighted by Gasteiger charge is 2.06. The molecule has 1 aromatic heterocycles. The molecular weight excluding hydrogens is 164 g/mol. The number of hydrogen-bond acceptors (Lipinski definition) is 1. The van der Waals surface area contributed by atoms with E-state index in [-0.39, 0.29) is 0 Å². The van der Waals surface area contributed by atoms with E-state index < -0.39 is 0 Å². The molecule has 1 atom stereocenters. The van der Waals surface area contributed by atoms with Gasteiger partial charge in [-0.05, 0) is 30.9 Å². The lowest BCUT2D eigenvalue weighted by atomic mass is 10.0. The van der Waals surface area contributed by atoms with Crippen LogP contribution in [-0.2, 0) is 6.42 Å². The van der Waals surface area contributed by atoms with Gasteiger partial charge in [0.05, 0.1) is 0 Å². The minimum Gasteiger partial charge on any atom is -0.145 e. The van der Waals surface area contributed by atoms with Crippen LogP contribution in [-0.4, -0.2) is 0 Å². The first-order valence-electron chi connectivity index (χ1n) is 4.86. The maximum absolute atomic E-state index is 2.33. The van der Waals surface area contributed by atoms with Crippen molar-refractivity contribution in [3.63, 3.8) is 0 Å². The highest BCUT2D eigenvalue weighted by Crippen LogP contribution is 2.27. The first-order chi connectivity index (χ1) is 5.77. The largest absolute Gasteiger partial charge is 0.145 e. The number of rotatable bonds is 4. The Kier molecular flexibility index (Phi) is 3.80. The van der Waals surface area contributed by atoms with Crippen LogP contribution in [0.5, 0.6) is 0 Å². The molecule has 0 bridgehead atoms. The highest BCUT2D eigenvalue weighted by molar-refractivity contribution is 7.12. The summed E-state index contributed by atoms with van der Waals surface area (Å²) < 4.78 is 0. The van der Waals surface area contributed by atoms with Crippen molar-refractivity contribution in [2.45, 2.75) is 46.0 Å². The predicted molar refractivity (Wildman–Crippen MR) is 57.0 cm³/mol. The smallest absolute Gasteiger partial charge is 0.00763 e. The van der Waals surface area contributed by atoms with Gasteiger partial charge in [0, 0.05) is 9.75 Å². The maximum Gasteiger partial charge on any atom is 0.00763 e. The minimum absolute atomic E-state index is 0.764. The van der Waals surface area contributed by atoms with Gasteiger partial charge >= 0.3 is 0 Å². The topological polar surface area (TPSA) is 0 Å². The average molecular weight is 182 g/mol. The monoisotopic (exact) mass is 182 g/mol. The zero-order valence-corrected chi connectivity index (χ0v) is 9.08. The van der Waals surface area contributed by atoms with Crippen molar-refractivity contribution in [2.24, 2.45) is 0 Å². The molecule has 0 aliphatic carbocycles. The second kappa shape index (κ2) is 4.66. The summed E-state index contributed by atoms with van der Waals surface area (Å²) >= 11 is 1.98. The van der Waals surface area contributed by atoms with Crippen LogP contribution in [0.2, 0.25) is 0 Å². The molecule has 12 heavy (non-hydrogen) atoms. The van der Waals surface area contributed by atoms with Gasteiger partial charge in [-0.2, -0.15) is 0 Å². The Bertz CT molecular complexity index is 225. The summed E-state index contributed by atoms with van der Waals surface area (Å²) in [4.78, 5) is 3.08. The summed E-state index contributed by atoms with van der Waals surface area (Å²) in [6.07, 6.45) is 3.80. The van der Waals surface area contributed by atoms with Gasteiger partial charge in [0.2, 0.25) is 0 Å². The van der Waals surface area contributed by atoms with E-state index in [1.165, 1.54) is 24.1 Å². The third-order valence-electron chi connectivity index (χ3n) is 2.24. The molecule has 0 nitrogen and oxygen atoms in total. The molecule has 0 aliphatic heterocycles. The Morgan fingerprint density at radius 3 is 2.58 bits per heavy atom. The van der Waals surface area contributed by atoms with Crippen LogP contribution in [0.1, 0.15) is 49.3 Å². The van der Waals surface area contributed by atoms with Crippen molar-refractivity contribution in [1.82, 2.24) is 0 Å². The van der Waals surface area contributed by atoms with Crippen molar-refractivity contribution in [1.29, 1.82) is 0 Å². The molecule has 1 aromatic rings. The van der Waals surface area contributed by atoms with E-state index in [4.69, 9.17) is 0 Å². The van der Waals surface area contributed by atoms with Gasteiger partial charge in [0.1, 0.15) is 0 Å². The molecule has 0 saturated heterocycles. The molecule has 1 unspecified atom stereocenters. The van der Waals surface area contributed by atoms with E-state index in [2.05, 4.69) is 32.9 Å². The van der Waals surface area contributed by atoms with E-state index in [0.29, 0.717) is 0 Å². The van der Waals surface area contributed by atoms with Gasteiger partial charge < -0.3 is 0 Å². The quantitative estimate of drug-likeness (QED) is 0.654. The Hall–Kier alpha value is -0.300. The molecule has 0 fully saturated rings. The molecule has 0 aliphatic rings. The Morgan fingerprint density at radius 2 is 2.08 bits per heavy atom. The zero-order valence-electron chi connectivity index (χ0n) is 8.26. The molecule has 0 N–H and O–H groups in total. The summed E-state index contributed by atoms with van der Waals surface area (Å²) in [6, 6.07) is 4.57. The fourth-order valence-electron chi connectivity index (χ4n) is 1.42. The number of aryl methyl sites for hydroxylation is 1. The molecule has 0 spiro atoms. The van der Waals surface area contributed by atoms with Crippen LogP contribution in [0.15, 0.2) is 12.1 Å². The van der Waals surface area contributed by atoms with Crippen molar-refractivity contribution in [2.75, 3.05) is 0 Å². The second-order valence-corrected chi connectivity index (χ2v) is 4.55. The summed E-state index contributed by atoms with van der Waals surface area (Å²) in [6.45, 7) is 6.81. The first kappa shape index (κ1) is 9.79. The van der Waals surface area contributed by atoms with E-state index in [9.17, 15) is 0 Å². The summed E-state index contributed by atoms with van der Waals surface area (Å²) in [7, 11) is 0. The molecular formula is C11H18S. The highest BCUT2D eigenvalue weighted by atomic mass is 32.1. The van der Waals surface area contributed by atoms with E-state index in [1.807, 2.05) is 11.3 Å². The van der Waals surface area contributed by atoms with Crippen molar-refractivity contribution < 1.29 is 0 Å². The van der Waals surface area contributed by atoms with Crippen LogP contribution >= 0.6 is 11.3 Å². The summed E-state index contributed by atoms with van der Waals surface area (Å²) in [5.74, 6) is 0.764. The van der Waals surface area contributed by atoms with Crippen LogP contribution < -0.4 is 0 Å². The summed E-state index contributed by atoms with van der Waals surface area (Å²) in [5, 5.41) is 0. The molecule has 0 aromatic carbocycles. The number of thiophene rings is 1. The number of hydrogen-bond donors (Lipinski definition) is 0. The fraction of sp³-hybridized carbons (Fsp3) is 0.636. The Labute approximate surface area is 79.6 Å². The molecule has 0 radical (unpaired) electrons. The Balaban J connectivity index is 2.61. The van der Waals surface area contributed by atoms with Crippen LogP contribution in [0, 0.1) is 0 Å². The molecule has 68 valence electrons. The van der Waals surface area contributed by atoms with Gasteiger partial charge in [-0.1, -0.05) is 27.2 Å². The third-order valence-corrected chi connectivity index (χ3v) is 3.70. The third kappa shape index (κ3) is 2.34. The summed E-state index contributed by atoms with van der Waals surface area (Å²) in [5.41, 5.74) is 0. The molecule has 1 heteroatoms. The van der Waals surface area contributed by atoms with E-state index >= 15 is 0 Å². The van der Waals surface area contributed by atoms with Crippen molar-refractivity contribution in [3.05, 3.63) is 21.9 Å². The maximum atomic E-state index is 2.33. The average Bonchev–Trinajstić information content (AvgIpc) is 2.52. The first-order valence-corrected chi connectivity index (χ1v) is 5.68. The van der Waals surface area contributed by atoms with Gasteiger partial charge in [-0.25, -0.2) is 0 Å². The van der Waals surface area contributed by atoms with Crippen molar-refractivity contribution in [3.8, 4) is 0 Å². The lowest BCUT2D eigenvalue weighted by Gasteiger charge is -2.05. The van der Waals surface area contributed by atoms with Crippen molar-refractivity contribution >= 4 is 11.3 Å². The van der Waals surface area contributed by atoms with Gasteiger partial charge in [-0.3, -0.25) is 0 Å². The SMILES string of the molecule is CCCC(C)c1ccc(CC)s1. The molecule has 1 rings (SSSR count). The molecule has 1 heterocycles. The van der Waals surface area contributed by atoms with E-state index in [0.717, 1.165) is 5.92 Å². The van der Waals surface area contributed by atoms with Gasteiger partial charge in [0.15, 0.2) is 0 Å². The van der Waals surface area contributed by atoms with Gasteiger partial charge in [0.25, 0.3) is 0 Å². The molecule has 0 saturated carbocycles. The lowest BCUT2D eigenvalue weighted by Crippen LogP contribution is -1.87. The normalized spacial score (nSPS) is 13.2. The second-order valence-electron chi connectivity index (χ2n) is 3.35. The fourth-order valence-corrected chi connectivity index (χ4v) is 2.46. The van der Waals surface area contributed by atoms with Gasteiger partial charge in [-0.15, -0.1) is 11.3 Å². The van der Waals surface area contributed by atoms with Crippen LogP contribution in [0.25, 0.3) is 0 Å². The van der Waals surface area contributed by atoms with Crippen LogP contribution in [0.4, 0.5) is 0 Å². The standard InChI is InChI=1S/C11H18S/c1-4-6-9(3)11-8-7-10(5-2)12-11/h7-9H,4-6H2,1-3H3. The molecule has 0 amide bonds. The lowest BCUT2D eigenvalue weighted by molar-refractivity contribution is 0.675. The Morgan fingerprint density at radius 1 is 1.33 bits per heavy atom. The minimum atomic E-state index is 0.764. The van der Waals surface area contributed by atoms with Crippen LogP contribution in [0.3, 0.4) is 0 Å². The predicted octanol–water partition coefficient (Wildman–Crippen LogP) is 4.21. The van der Waals surface area contributed by atoms with E-state index in [1.54, 1.807) is 4.88 Å².